The lowest BCUT2D eigenvalue weighted by Crippen LogP contribution is -2.11. The van der Waals surface area contributed by atoms with Crippen LogP contribution in [-0.2, 0) is 32.2 Å². The Morgan fingerprint density at radius 2 is 2.00 bits per heavy atom. The molecule has 0 saturated heterocycles. The maximum absolute atomic E-state index is 12.6. The van der Waals surface area contributed by atoms with Crippen molar-refractivity contribution in [2.24, 2.45) is 0 Å². The van der Waals surface area contributed by atoms with Gasteiger partial charge in [0.25, 0.3) is 0 Å². The summed E-state index contributed by atoms with van der Waals surface area (Å²) < 4.78 is 1.83. The van der Waals surface area contributed by atoms with Gasteiger partial charge in [-0.25, -0.2) is 0 Å². The second-order valence-corrected chi connectivity index (χ2v) is 5.75. The van der Waals surface area contributed by atoms with Crippen LogP contribution in [0.25, 0.3) is 0 Å². The molecule has 0 bridgehead atoms. The van der Waals surface area contributed by atoms with E-state index in [1.807, 2.05) is 17.7 Å². The quantitative estimate of drug-likeness (QED) is 0.788. The summed E-state index contributed by atoms with van der Waals surface area (Å²) in [5, 5.41) is 4.46. The van der Waals surface area contributed by atoms with Crippen molar-refractivity contribution in [1.29, 1.82) is 0 Å². The first-order valence-corrected chi connectivity index (χ1v) is 7.91. The van der Waals surface area contributed by atoms with Gasteiger partial charge < -0.3 is 0 Å². The molecule has 1 aromatic heterocycles. The molecule has 0 aliphatic heterocycles. The smallest absolute Gasteiger partial charge is 0.185 e. The molecule has 0 saturated carbocycles. The predicted octanol–water partition coefficient (Wildman–Crippen LogP) is 3.38. The summed E-state index contributed by atoms with van der Waals surface area (Å²) >= 11 is 0. The van der Waals surface area contributed by atoms with Gasteiger partial charge in [0, 0.05) is 13.0 Å². The molecule has 3 rings (SSSR count). The molecule has 1 aromatic carbocycles. The number of carbonyl (C=O) groups excluding carboxylic acids is 1. The van der Waals surface area contributed by atoms with Gasteiger partial charge in [-0.1, -0.05) is 25.1 Å². The van der Waals surface area contributed by atoms with Gasteiger partial charge in [-0.05, 0) is 55.4 Å². The van der Waals surface area contributed by atoms with E-state index in [9.17, 15) is 4.79 Å². The van der Waals surface area contributed by atoms with Crippen molar-refractivity contribution in [3.8, 4) is 0 Å². The van der Waals surface area contributed by atoms with Crippen LogP contribution in [0, 0.1) is 0 Å². The molecule has 3 nitrogen and oxygen atoms in total. The van der Waals surface area contributed by atoms with Gasteiger partial charge >= 0.3 is 0 Å². The number of Topliss-reactive ketones (excluding diaryl/α,β-unsaturated/α-hetero) is 1. The second-order valence-electron chi connectivity index (χ2n) is 5.75. The first kappa shape index (κ1) is 14.1. The highest BCUT2D eigenvalue weighted by Gasteiger charge is 2.16. The number of aromatic nitrogens is 2. The Kier molecular flexibility index (Phi) is 3.91. The summed E-state index contributed by atoms with van der Waals surface area (Å²) in [5.74, 6) is 0.169. The Labute approximate surface area is 126 Å². The van der Waals surface area contributed by atoms with Gasteiger partial charge in [0.1, 0.15) is 5.69 Å². The first-order chi connectivity index (χ1) is 10.2. The third-order valence-electron chi connectivity index (χ3n) is 4.31. The third kappa shape index (κ3) is 2.78. The summed E-state index contributed by atoms with van der Waals surface area (Å²) in [4.78, 5) is 12.6. The van der Waals surface area contributed by atoms with E-state index in [1.54, 1.807) is 0 Å². The Hall–Kier alpha value is -1.90. The third-order valence-corrected chi connectivity index (χ3v) is 4.31. The fourth-order valence-corrected chi connectivity index (χ4v) is 3.12. The Morgan fingerprint density at radius 1 is 1.19 bits per heavy atom. The van der Waals surface area contributed by atoms with Crippen molar-refractivity contribution in [1.82, 2.24) is 9.78 Å². The van der Waals surface area contributed by atoms with Crippen LogP contribution in [0.4, 0.5) is 0 Å². The van der Waals surface area contributed by atoms with Gasteiger partial charge in [0.05, 0.1) is 5.69 Å². The molecular formula is C18H22N2O. The van der Waals surface area contributed by atoms with Crippen molar-refractivity contribution in [2.45, 2.75) is 52.5 Å². The zero-order chi connectivity index (χ0) is 14.8. The first-order valence-electron chi connectivity index (χ1n) is 7.91. The van der Waals surface area contributed by atoms with Crippen LogP contribution >= 0.6 is 0 Å². The van der Waals surface area contributed by atoms with Gasteiger partial charge in [0.15, 0.2) is 5.78 Å². The lowest BCUT2D eigenvalue weighted by Gasteiger charge is -2.06. The number of hydrogen-bond donors (Lipinski definition) is 0. The van der Waals surface area contributed by atoms with E-state index in [-0.39, 0.29) is 5.78 Å². The van der Waals surface area contributed by atoms with E-state index in [0.29, 0.717) is 6.42 Å². The second kappa shape index (κ2) is 5.84. The zero-order valence-electron chi connectivity index (χ0n) is 12.9. The van der Waals surface area contributed by atoms with Gasteiger partial charge in [-0.2, -0.15) is 5.10 Å². The summed E-state index contributed by atoms with van der Waals surface area (Å²) in [6.45, 7) is 4.83. The van der Waals surface area contributed by atoms with Crippen LogP contribution in [0.2, 0.25) is 0 Å². The average molecular weight is 282 g/mol. The molecule has 1 heterocycles. The highest BCUT2D eigenvalue weighted by Crippen LogP contribution is 2.23. The number of ketones is 1. The van der Waals surface area contributed by atoms with E-state index in [4.69, 9.17) is 0 Å². The summed E-state index contributed by atoms with van der Waals surface area (Å²) in [7, 11) is 0. The highest BCUT2D eigenvalue weighted by atomic mass is 16.1. The fraction of sp³-hybridized carbons (Fsp3) is 0.444. The number of benzene rings is 1. The molecule has 0 N–H and O–H groups in total. The minimum absolute atomic E-state index is 0.169. The minimum atomic E-state index is 0.169. The molecule has 0 atom stereocenters. The molecule has 3 heteroatoms. The maximum atomic E-state index is 12.6. The van der Waals surface area contributed by atoms with Crippen LogP contribution in [0.15, 0.2) is 24.3 Å². The molecule has 1 aliphatic carbocycles. The fourth-order valence-electron chi connectivity index (χ4n) is 3.12. The van der Waals surface area contributed by atoms with Crippen molar-refractivity contribution < 1.29 is 4.79 Å². The summed E-state index contributed by atoms with van der Waals surface area (Å²) in [5.41, 5.74) is 5.75. The SMILES string of the molecule is CCc1cc(C(=O)Cc2ccc3c(c2)CCC3)n(CC)n1. The molecular weight excluding hydrogens is 260 g/mol. The summed E-state index contributed by atoms with van der Waals surface area (Å²) in [6.07, 6.45) is 4.93. The van der Waals surface area contributed by atoms with Gasteiger partial charge in [-0.15, -0.1) is 0 Å². The Balaban J connectivity index is 1.81. The number of aryl methyl sites for hydroxylation is 4. The molecule has 0 radical (unpaired) electrons. The normalized spacial score (nSPS) is 13.4. The predicted molar refractivity (Wildman–Crippen MR) is 83.8 cm³/mol. The van der Waals surface area contributed by atoms with Crippen LogP contribution in [0.5, 0.6) is 0 Å². The lowest BCUT2D eigenvalue weighted by molar-refractivity contribution is 0.0983. The van der Waals surface area contributed by atoms with Crippen molar-refractivity contribution in [3.63, 3.8) is 0 Å². The molecule has 21 heavy (non-hydrogen) atoms. The number of rotatable bonds is 5. The van der Waals surface area contributed by atoms with E-state index in [0.717, 1.165) is 36.3 Å². The molecule has 0 unspecified atom stereocenters. The standard InChI is InChI=1S/C18H22N2O/c1-3-16-12-17(20(4-2)19-16)18(21)11-13-8-9-14-6-5-7-15(14)10-13/h8-10,12H,3-7,11H2,1-2H3. The molecule has 0 amide bonds. The number of fused-ring (bicyclic) bond motifs is 1. The van der Waals surface area contributed by atoms with Crippen molar-refractivity contribution >= 4 is 5.78 Å². The van der Waals surface area contributed by atoms with Crippen molar-refractivity contribution in [2.75, 3.05) is 0 Å². The van der Waals surface area contributed by atoms with Crippen LogP contribution in [-0.4, -0.2) is 15.6 Å². The molecule has 1 aliphatic rings. The van der Waals surface area contributed by atoms with Crippen LogP contribution < -0.4 is 0 Å². The van der Waals surface area contributed by atoms with E-state index >= 15 is 0 Å². The molecule has 0 fully saturated rings. The molecule has 2 aromatic rings. The lowest BCUT2D eigenvalue weighted by atomic mass is 10.0. The number of carbonyl (C=O) groups is 1. The number of hydrogen-bond acceptors (Lipinski definition) is 2. The van der Waals surface area contributed by atoms with E-state index in [2.05, 4.69) is 30.2 Å². The van der Waals surface area contributed by atoms with Crippen LogP contribution in [0.1, 0.15) is 53.1 Å². The van der Waals surface area contributed by atoms with E-state index in [1.165, 1.54) is 24.0 Å². The minimum Gasteiger partial charge on any atom is -0.292 e. The highest BCUT2D eigenvalue weighted by molar-refractivity contribution is 5.96. The molecule has 110 valence electrons. The van der Waals surface area contributed by atoms with Gasteiger partial charge in [0.2, 0.25) is 0 Å². The van der Waals surface area contributed by atoms with Crippen LogP contribution in [0.3, 0.4) is 0 Å². The largest absolute Gasteiger partial charge is 0.292 e. The Morgan fingerprint density at radius 3 is 2.76 bits per heavy atom. The zero-order valence-corrected chi connectivity index (χ0v) is 12.9. The summed E-state index contributed by atoms with van der Waals surface area (Å²) in [6, 6.07) is 8.46. The average Bonchev–Trinajstić information content (AvgIpc) is 3.12. The van der Waals surface area contributed by atoms with E-state index < -0.39 is 0 Å². The van der Waals surface area contributed by atoms with Crippen molar-refractivity contribution in [3.05, 3.63) is 52.3 Å². The maximum Gasteiger partial charge on any atom is 0.185 e. The monoisotopic (exact) mass is 282 g/mol. The van der Waals surface area contributed by atoms with Gasteiger partial charge in [-0.3, -0.25) is 9.48 Å². The topological polar surface area (TPSA) is 34.9 Å². The Bertz CT molecular complexity index is 670. The molecule has 0 spiro atoms. The number of nitrogens with zero attached hydrogens (tertiary/aromatic N) is 2.